The predicted octanol–water partition coefficient (Wildman–Crippen LogP) is 0.615. The lowest BCUT2D eigenvalue weighted by atomic mass is 10.2. The average Bonchev–Trinajstić information content (AvgIpc) is 2.41. The van der Waals surface area contributed by atoms with E-state index in [9.17, 15) is 4.79 Å². The first-order valence-electron chi connectivity index (χ1n) is 4.69. The molecule has 0 aliphatic rings. The third-order valence-electron chi connectivity index (χ3n) is 2.20. The molecule has 1 rings (SSSR count). The van der Waals surface area contributed by atoms with Crippen LogP contribution in [0.25, 0.3) is 0 Å². The Hall–Kier alpha value is -1.78. The van der Waals surface area contributed by atoms with Crippen LogP contribution in [0.1, 0.15) is 23.1 Å². The zero-order valence-corrected chi connectivity index (χ0v) is 9.24. The number of aryl methyl sites for hydroxylation is 2. The normalized spacial score (nSPS) is 12.2. The van der Waals surface area contributed by atoms with Crippen molar-refractivity contribution < 1.29 is 4.79 Å². The van der Waals surface area contributed by atoms with Crippen LogP contribution in [0.2, 0.25) is 0 Å². The maximum absolute atomic E-state index is 11.8. The second-order valence-corrected chi connectivity index (χ2v) is 3.47. The lowest BCUT2D eigenvalue weighted by molar-refractivity contribution is 0.0938. The van der Waals surface area contributed by atoms with Crippen molar-refractivity contribution in [2.75, 3.05) is 5.73 Å². The number of anilines is 1. The van der Waals surface area contributed by atoms with Gasteiger partial charge >= 0.3 is 0 Å². The molecule has 0 aliphatic heterocycles. The van der Waals surface area contributed by atoms with Crippen LogP contribution in [0.5, 0.6) is 0 Å². The summed E-state index contributed by atoms with van der Waals surface area (Å²) in [6.07, 6.45) is 1.65. The SMILES string of the molecule is C=CC(C)NC(=O)c1c(N)c(C)nn1C. The molecule has 1 amide bonds. The molecule has 5 heteroatoms. The molecule has 0 fully saturated rings. The molecule has 0 aromatic carbocycles. The first-order chi connectivity index (χ1) is 6.97. The van der Waals surface area contributed by atoms with Crippen molar-refractivity contribution >= 4 is 11.6 Å². The molecular formula is C10H16N4O. The Morgan fingerprint density at radius 2 is 2.33 bits per heavy atom. The van der Waals surface area contributed by atoms with Gasteiger partial charge in [0.2, 0.25) is 0 Å². The molecule has 1 heterocycles. The van der Waals surface area contributed by atoms with Crippen molar-refractivity contribution in [2.45, 2.75) is 19.9 Å². The molecule has 1 aromatic heterocycles. The summed E-state index contributed by atoms with van der Waals surface area (Å²) < 4.78 is 1.48. The lowest BCUT2D eigenvalue weighted by Gasteiger charge is -2.09. The molecule has 0 radical (unpaired) electrons. The molecule has 15 heavy (non-hydrogen) atoms. The quantitative estimate of drug-likeness (QED) is 0.715. The molecular weight excluding hydrogens is 192 g/mol. The summed E-state index contributed by atoms with van der Waals surface area (Å²) in [5.74, 6) is -0.233. The van der Waals surface area contributed by atoms with Gasteiger partial charge in [0.25, 0.3) is 5.91 Å². The maximum atomic E-state index is 11.8. The van der Waals surface area contributed by atoms with Crippen molar-refractivity contribution in [1.29, 1.82) is 0 Å². The number of amides is 1. The van der Waals surface area contributed by atoms with Crippen LogP contribution in [0, 0.1) is 6.92 Å². The Balaban J connectivity index is 2.96. The van der Waals surface area contributed by atoms with Crippen LogP contribution >= 0.6 is 0 Å². The van der Waals surface area contributed by atoms with E-state index in [-0.39, 0.29) is 11.9 Å². The summed E-state index contributed by atoms with van der Waals surface area (Å²) in [7, 11) is 1.69. The van der Waals surface area contributed by atoms with Gasteiger partial charge in [0.05, 0.1) is 11.4 Å². The van der Waals surface area contributed by atoms with Gasteiger partial charge < -0.3 is 11.1 Å². The number of nitrogens with two attached hydrogens (primary N) is 1. The summed E-state index contributed by atoms with van der Waals surface area (Å²) in [4.78, 5) is 11.8. The van der Waals surface area contributed by atoms with Gasteiger partial charge in [-0.2, -0.15) is 5.10 Å². The van der Waals surface area contributed by atoms with E-state index in [1.165, 1.54) is 4.68 Å². The third-order valence-corrected chi connectivity index (χ3v) is 2.20. The number of rotatable bonds is 3. The number of carbonyl (C=O) groups excluding carboxylic acids is 1. The molecule has 0 saturated carbocycles. The number of carbonyl (C=O) groups is 1. The van der Waals surface area contributed by atoms with Crippen LogP contribution in [0.15, 0.2) is 12.7 Å². The fourth-order valence-electron chi connectivity index (χ4n) is 1.28. The minimum Gasteiger partial charge on any atom is -0.395 e. The van der Waals surface area contributed by atoms with Crippen LogP contribution in [0.4, 0.5) is 5.69 Å². The molecule has 3 N–H and O–H groups in total. The van der Waals surface area contributed by atoms with E-state index < -0.39 is 0 Å². The van der Waals surface area contributed by atoms with E-state index in [1.54, 1.807) is 20.0 Å². The fraction of sp³-hybridized carbons (Fsp3) is 0.400. The highest BCUT2D eigenvalue weighted by Gasteiger charge is 2.18. The number of hydrogen-bond acceptors (Lipinski definition) is 3. The Bertz CT molecular complexity index is 394. The maximum Gasteiger partial charge on any atom is 0.272 e. The summed E-state index contributed by atoms with van der Waals surface area (Å²) >= 11 is 0. The van der Waals surface area contributed by atoms with Gasteiger partial charge in [-0.15, -0.1) is 6.58 Å². The minimum atomic E-state index is -0.233. The lowest BCUT2D eigenvalue weighted by Crippen LogP contribution is -2.32. The standard InChI is InChI=1S/C10H16N4O/c1-5-6(2)12-10(15)9-8(11)7(3)13-14(9)4/h5-6H,1,11H2,2-4H3,(H,12,15). The molecule has 0 aliphatic carbocycles. The van der Waals surface area contributed by atoms with Gasteiger partial charge in [0, 0.05) is 13.1 Å². The molecule has 0 saturated heterocycles. The average molecular weight is 208 g/mol. The van der Waals surface area contributed by atoms with Crippen molar-refractivity contribution in [2.24, 2.45) is 7.05 Å². The van der Waals surface area contributed by atoms with Crippen LogP contribution in [-0.4, -0.2) is 21.7 Å². The first-order valence-corrected chi connectivity index (χ1v) is 4.69. The summed E-state index contributed by atoms with van der Waals surface area (Å²) in [5.41, 5.74) is 7.23. The number of nitrogens with one attached hydrogen (secondary N) is 1. The van der Waals surface area contributed by atoms with Gasteiger partial charge in [0.1, 0.15) is 5.69 Å². The highest BCUT2D eigenvalue weighted by Crippen LogP contribution is 2.14. The highest BCUT2D eigenvalue weighted by molar-refractivity contribution is 5.98. The number of nitrogen functional groups attached to an aromatic ring is 1. The molecule has 1 aromatic rings. The largest absolute Gasteiger partial charge is 0.395 e. The van der Waals surface area contributed by atoms with E-state index in [0.29, 0.717) is 17.1 Å². The fourth-order valence-corrected chi connectivity index (χ4v) is 1.28. The monoisotopic (exact) mass is 208 g/mol. The van der Waals surface area contributed by atoms with E-state index in [1.807, 2.05) is 6.92 Å². The number of hydrogen-bond donors (Lipinski definition) is 2. The number of nitrogens with zero attached hydrogens (tertiary/aromatic N) is 2. The van der Waals surface area contributed by atoms with Crippen molar-refractivity contribution in [3.63, 3.8) is 0 Å². The molecule has 5 nitrogen and oxygen atoms in total. The molecule has 82 valence electrons. The molecule has 1 atom stereocenters. The Kier molecular flexibility index (Phi) is 3.14. The Morgan fingerprint density at radius 3 is 2.73 bits per heavy atom. The first kappa shape index (κ1) is 11.3. The van der Waals surface area contributed by atoms with Gasteiger partial charge in [-0.05, 0) is 13.8 Å². The third kappa shape index (κ3) is 2.18. The Morgan fingerprint density at radius 1 is 1.73 bits per heavy atom. The Labute approximate surface area is 89.0 Å². The predicted molar refractivity (Wildman–Crippen MR) is 59.5 cm³/mol. The van der Waals surface area contributed by atoms with Crippen molar-refractivity contribution in [3.05, 3.63) is 24.0 Å². The highest BCUT2D eigenvalue weighted by atomic mass is 16.2. The van der Waals surface area contributed by atoms with Gasteiger partial charge in [-0.1, -0.05) is 6.08 Å². The zero-order chi connectivity index (χ0) is 11.6. The number of aromatic nitrogens is 2. The van der Waals surface area contributed by atoms with Gasteiger partial charge in [0.15, 0.2) is 0 Å². The van der Waals surface area contributed by atoms with Crippen LogP contribution < -0.4 is 11.1 Å². The summed E-state index contributed by atoms with van der Waals surface area (Å²) in [6.45, 7) is 7.19. The van der Waals surface area contributed by atoms with Crippen LogP contribution in [0.3, 0.4) is 0 Å². The van der Waals surface area contributed by atoms with Crippen LogP contribution in [-0.2, 0) is 7.05 Å². The minimum absolute atomic E-state index is 0.0906. The molecule has 0 spiro atoms. The summed E-state index contributed by atoms with van der Waals surface area (Å²) in [6, 6.07) is -0.0906. The smallest absolute Gasteiger partial charge is 0.272 e. The van der Waals surface area contributed by atoms with Gasteiger partial charge in [-0.25, -0.2) is 0 Å². The van der Waals surface area contributed by atoms with E-state index in [0.717, 1.165) is 0 Å². The second-order valence-electron chi connectivity index (χ2n) is 3.47. The van der Waals surface area contributed by atoms with Gasteiger partial charge in [-0.3, -0.25) is 9.48 Å². The van der Waals surface area contributed by atoms with E-state index in [4.69, 9.17) is 5.73 Å². The van der Waals surface area contributed by atoms with Crippen molar-refractivity contribution in [1.82, 2.24) is 15.1 Å². The molecule has 1 unspecified atom stereocenters. The molecule has 0 bridgehead atoms. The topological polar surface area (TPSA) is 72.9 Å². The van der Waals surface area contributed by atoms with Crippen molar-refractivity contribution in [3.8, 4) is 0 Å². The zero-order valence-electron chi connectivity index (χ0n) is 9.24. The second kappa shape index (κ2) is 4.16. The summed E-state index contributed by atoms with van der Waals surface area (Å²) in [5, 5.41) is 6.81. The van der Waals surface area contributed by atoms with E-state index >= 15 is 0 Å². The van der Waals surface area contributed by atoms with E-state index in [2.05, 4.69) is 17.0 Å².